The molecule has 0 bridgehead atoms. The molecule has 1 heterocycles. The highest BCUT2D eigenvalue weighted by molar-refractivity contribution is 4.97. The van der Waals surface area contributed by atoms with Gasteiger partial charge in [-0.25, -0.2) is 8.78 Å². The zero-order valence-electron chi connectivity index (χ0n) is 9.40. The maximum absolute atomic E-state index is 12.4. The van der Waals surface area contributed by atoms with Crippen LogP contribution < -0.4 is 5.32 Å². The van der Waals surface area contributed by atoms with Crippen molar-refractivity contribution in [3.8, 4) is 0 Å². The van der Waals surface area contributed by atoms with Crippen LogP contribution in [0.25, 0.3) is 0 Å². The molecule has 1 fully saturated rings. The Bertz CT molecular complexity index is 202. The fraction of sp³-hybridized carbons (Fsp3) is 1.00. The van der Waals surface area contributed by atoms with Gasteiger partial charge in [-0.1, -0.05) is 0 Å². The van der Waals surface area contributed by atoms with E-state index in [1.165, 1.54) is 0 Å². The van der Waals surface area contributed by atoms with Gasteiger partial charge in [-0.2, -0.15) is 0 Å². The highest BCUT2D eigenvalue weighted by Gasteiger charge is 2.38. The van der Waals surface area contributed by atoms with Crippen molar-refractivity contribution in [2.75, 3.05) is 19.6 Å². The summed E-state index contributed by atoms with van der Waals surface area (Å²) < 4.78 is 24.7. The van der Waals surface area contributed by atoms with Crippen LogP contribution in [-0.4, -0.2) is 42.0 Å². The predicted octanol–water partition coefficient (Wildman–Crippen LogP) is 1.71. The summed E-state index contributed by atoms with van der Waals surface area (Å²) in [6.45, 7) is 9.38. The average Bonchev–Trinajstić information content (AvgIpc) is 1.97. The van der Waals surface area contributed by atoms with Crippen molar-refractivity contribution >= 4 is 0 Å². The van der Waals surface area contributed by atoms with Crippen molar-refractivity contribution in [3.63, 3.8) is 0 Å². The Morgan fingerprint density at radius 2 is 1.86 bits per heavy atom. The molecule has 0 saturated carbocycles. The summed E-state index contributed by atoms with van der Waals surface area (Å²) in [4.78, 5) is 1.87. The van der Waals surface area contributed by atoms with Crippen molar-refractivity contribution in [2.24, 2.45) is 0 Å². The third-order valence-corrected chi connectivity index (χ3v) is 2.80. The van der Waals surface area contributed by atoms with Gasteiger partial charge in [0.1, 0.15) is 0 Å². The van der Waals surface area contributed by atoms with Crippen LogP contribution in [0.5, 0.6) is 0 Å². The molecule has 1 aliphatic heterocycles. The van der Waals surface area contributed by atoms with Crippen molar-refractivity contribution in [3.05, 3.63) is 0 Å². The van der Waals surface area contributed by atoms with E-state index < -0.39 is 6.43 Å². The Labute approximate surface area is 84.7 Å². The minimum absolute atomic E-state index is 0.0651. The standard InChI is InChI=1S/C10H20F2N2/c1-9(2)7-14(5-8(11)12)10(3,4)6-13-9/h8,13H,5-7H2,1-4H3. The van der Waals surface area contributed by atoms with Crippen LogP contribution in [0.4, 0.5) is 8.78 Å². The molecule has 2 nitrogen and oxygen atoms in total. The molecule has 84 valence electrons. The van der Waals surface area contributed by atoms with E-state index in [2.05, 4.69) is 5.32 Å². The van der Waals surface area contributed by atoms with Crippen LogP contribution in [0.15, 0.2) is 0 Å². The quantitative estimate of drug-likeness (QED) is 0.740. The van der Waals surface area contributed by atoms with E-state index in [0.717, 1.165) is 6.54 Å². The molecule has 4 heteroatoms. The Hall–Kier alpha value is -0.220. The van der Waals surface area contributed by atoms with Gasteiger partial charge in [0.15, 0.2) is 0 Å². The number of halogens is 2. The maximum Gasteiger partial charge on any atom is 0.251 e. The smallest absolute Gasteiger partial charge is 0.251 e. The first-order valence-corrected chi connectivity index (χ1v) is 5.01. The van der Waals surface area contributed by atoms with Crippen LogP contribution in [0, 0.1) is 0 Å². The second-order valence-electron chi connectivity index (χ2n) is 5.32. The lowest BCUT2D eigenvalue weighted by molar-refractivity contribution is -0.00867. The van der Waals surface area contributed by atoms with E-state index >= 15 is 0 Å². The zero-order valence-corrected chi connectivity index (χ0v) is 9.40. The average molecular weight is 206 g/mol. The lowest BCUT2D eigenvalue weighted by Crippen LogP contribution is -2.66. The summed E-state index contributed by atoms with van der Waals surface area (Å²) in [5.41, 5.74) is -0.240. The maximum atomic E-state index is 12.4. The van der Waals surface area contributed by atoms with Crippen molar-refractivity contribution < 1.29 is 8.78 Å². The molecular formula is C10H20F2N2. The first-order valence-electron chi connectivity index (χ1n) is 5.01. The Kier molecular flexibility index (Phi) is 3.17. The summed E-state index contributed by atoms with van der Waals surface area (Å²) >= 11 is 0. The fourth-order valence-corrected chi connectivity index (χ4v) is 1.79. The summed E-state index contributed by atoms with van der Waals surface area (Å²) in [5, 5.41) is 3.37. The minimum Gasteiger partial charge on any atom is -0.309 e. The molecule has 0 atom stereocenters. The van der Waals surface area contributed by atoms with Crippen LogP contribution in [0.1, 0.15) is 27.7 Å². The summed E-state index contributed by atoms with van der Waals surface area (Å²) in [6.07, 6.45) is -2.25. The Balaban J connectivity index is 2.67. The number of alkyl halides is 2. The normalized spacial score (nSPS) is 26.8. The molecule has 1 saturated heterocycles. The summed E-state index contributed by atoms with van der Waals surface area (Å²) in [5.74, 6) is 0. The lowest BCUT2D eigenvalue weighted by atomic mass is 9.91. The minimum atomic E-state index is -2.25. The fourth-order valence-electron chi connectivity index (χ4n) is 1.79. The van der Waals surface area contributed by atoms with Gasteiger partial charge in [0.2, 0.25) is 0 Å². The topological polar surface area (TPSA) is 15.3 Å². The second-order valence-corrected chi connectivity index (χ2v) is 5.32. The molecule has 0 amide bonds. The highest BCUT2D eigenvalue weighted by atomic mass is 19.3. The van der Waals surface area contributed by atoms with E-state index in [-0.39, 0.29) is 17.6 Å². The largest absolute Gasteiger partial charge is 0.309 e. The van der Waals surface area contributed by atoms with Crippen LogP contribution in [0.2, 0.25) is 0 Å². The SMILES string of the molecule is CC1(C)CN(CC(F)F)C(C)(C)CN1. The van der Waals surface area contributed by atoms with Gasteiger partial charge in [0.05, 0.1) is 6.54 Å². The molecule has 0 aliphatic carbocycles. The van der Waals surface area contributed by atoms with Crippen LogP contribution in [-0.2, 0) is 0 Å². The number of piperazine rings is 1. The lowest BCUT2D eigenvalue weighted by Gasteiger charge is -2.49. The Morgan fingerprint density at radius 1 is 1.29 bits per heavy atom. The van der Waals surface area contributed by atoms with Gasteiger partial charge in [-0.15, -0.1) is 0 Å². The molecule has 0 aromatic heterocycles. The molecule has 1 N–H and O–H groups in total. The van der Waals surface area contributed by atoms with Crippen molar-refractivity contribution in [1.82, 2.24) is 10.2 Å². The third-order valence-electron chi connectivity index (χ3n) is 2.80. The van der Waals surface area contributed by atoms with Crippen molar-refractivity contribution in [2.45, 2.75) is 45.2 Å². The van der Waals surface area contributed by atoms with Gasteiger partial charge in [0, 0.05) is 24.2 Å². The predicted molar refractivity (Wildman–Crippen MR) is 53.7 cm³/mol. The zero-order chi connectivity index (χ0) is 11.0. The van der Waals surface area contributed by atoms with Crippen LogP contribution in [0.3, 0.4) is 0 Å². The summed E-state index contributed by atoms with van der Waals surface area (Å²) in [7, 11) is 0. The monoisotopic (exact) mass is 206 g/mol. The highest BCUT2D eigenvalue weighted by Crippen LogP contribution is 2.23. The van der Waals surface area contributed by atoms with Crippen LogP contribution >= 0.6 is 0 Å². The van der Waals surface area contributed by atoms with Gasteiger partial charge in [-0.05, 0) is 27.7 Å². The van der Waals surface area contributed by atoms with E-state index in [1.54, 1.807) is 0 Å². The first-order chi connectivity index (χ1) is 6.23. The molecule has 0 spiro atoms. The molecule has 1 aliphatic rings. The van der Waals surface area contributed by atoms with Gasteiger partial charge >= 0.3 is 0 Å². The molecule has 1 rings (SSSR count). The Morgan fingerprint density at radius 3 is 2.36 bits per heavy atom. The first kappa shape index (κ1) is 11.9. The van der Waals surface area contributed by atoms with E-state index in [9.17, 15) is 8.78 Å². The number of hydrogen-bond acceptors (Lipinski definition) is 2. The molecular weight excluding hydrogens is 186 g/mol. The third kappa shape index (κ3) is 2.89. The molecule has 0 aromatic rings. The van der Waals surface area contributed by atoms with Gasteiger partial charge in [-0.3, -0.25) is 4.90 Å². The molecule has 14 heavy (non-hydrogen) atoms. The van der Waals surface area contributed by atoms with E-state index in [0.29, 0.717) is 6.54 Å². The molecule has 0 radical (unpaired) electrons. The number of hydrogen-bond donors (Lipinski definition) is 1. The second kappa shape index (κ2) is 3.74. The number of rotatable bonds is 2. The van der Waals surface area contributed by atoms with Gasteiger partial charge < -0.3 is 5.32 Å². The summed E-state index contributed by atoms with van der Waals surface area (Å²) in [6, 6.07) is 0. The van der Waals surface area contributed by atoms with Gasteiger partial charge in [0.25, 0.3) is 6.43 Å². The van der Waals surface area contributed by atoms with Crippen molar-refractivity contribution in [1.29, 1.82) is 0 Å². The van der Waals surface area contributed by atoms with E-state index in [1.807, 2.05) is 32.6 Å². The van der Waals surface area contributed by atoms with E-state index in [4.69, 9.17) is 0 Å². The molecule has 0 aromatic carbocycles. The molecule has 0 unspecified atom stereocenters. The number of nitrogens with one attached hydrogen (secondary N) is 1. The number of nitrogens with zero attached hydrogens (tertiary/aromatic N) is 1.